The van der Waals surface area contributed by atoms with Crippen LogP contribution in [0.2, 0.25) is 0 Å². The van der Waals surface area contributed by atoms with Crippen molar-refractivity contribution in [1.82, 2.24) is 10.2 Å². The third kappa shape index (κ3) is 8.04. The lowest BCUT2D eigenvalue weighted by atomic mass is 10.0. The Morgan fingerprint density at radius 2 is 1.75 bits per heavy atom. The highest BCUT2D eigenvalue weighted by atomic mass is 32.2. The second-order valence-corrected chi connectivity index (χ2v) is 11.6. The number of nitrogens with one attached hydrogen (secondary N) is 1. The molecule has 0 spiro atoms. The van der Waals surface area contributed by atoms with Crippen molar-refractivity contribution in [3.05, 3.63) is 69.8 Å². The van der Waals surface area contributed by atoms with Crippen LogP contribution in [-0.4, -0.2) is 54.4 Å². The monoisotopic (exact) mass is 518 g/mol. The lowest BCUT2D eigenvalue weighted by Crippen LogP contribution is -2.55. The average molecular weight is 519 g/mol. The van der Waals surface area contributed by atoms with E-state index in [1.54, 1.807) is 6.92 Å². The van der Waals surface area contributed by atoms with Crippen molar-refractivity contribution in [3.63, 3.8) is 0 Å². The molecule has 0 saturated carbocycles. The second-order valence-electron chi connectivity index (χ2n) is 9.72. The van der Waals surface area contributed by atoms with E-state index in [1.807, 2.05) is 52.0 Å². The van der Waals surface area contributed by atoms with Crippen LogP contribution >= 0.6 is 0 Å². The van der Waals surface area contributed by atoms with Crippen LogP contribution in [0.3, 0.4) is 0 Å². The van der Waals surface area contributed by atoms with Gasteiger partial charge in [-0.15, -0.1) is 0 Å². The first-order valence-corrected chi connectivity index (χ1v) is 13.4. The minimum atomic E-state index is -3.99. The van der Waals surface area contributed by atoms with Crippen LogP contribution in [0.25, 0.3) is 0 Å². The molecule has 0 fully saturated rings. The van der Waals surface area contributed by atoms with Gasteiger partial charge in [-0.1, -0.05) is 42.8 Å². The normalized spacial score (nSPS) is 12.5. The molecule has 0 unspecified atom stereocenters. The standard InChI is InChI=1S/C25H34N4O6S/c1-7-22(24(31)26-25(3,4)5)27(16-19-11-8-10-18(2)14-19)23(30)17-28(36(6,34)35)20-12-9-13-21(15-20)29(32)33/h8-15,22H,7,16-17H2,1-6H3,(H,26,31)/t22-/m0/s1. The quantitative estimate of drug-likeness (QED) is 0.379. The number of nitro benzene ring substituents is 1. The Morgan fingerprint density at radius 1 is 1.11 bits per heavy atom. The molecule has 36 heavy (non-hydrogen) atoms. The van der Waals surface area contributed by atoms with Gasteiger partial charge in [0.25, 0.3) is 5.69 Å². The summed E-state index contributed by atoms with van der Waals surface area (Å²) in [5.74, 6) is -0.961. The van der Waals surface area contributed by atoms with E-state index in [0.717, 1.165) is 27.8 Å². The van der Waals surface area contributed by atoms with Gasteiger partial charge in [-0.25, -0.2) is 8.42 Å². The van der Waals surface area contributed by atoms with Crippen LogP contribution < -0.4 is 9.62 Å². The van der Waals surface area contributed by atoms with Crippen LogP contribution in [0.15, 0.2) is 48.5 Å². The first-order valence-electron chi connectivity index (χ1n) is 11.5. The summed E-state index contributed by atoms with van der Waals surface area (Å²) in [4.78, 5) is 38.8. The molecule has 0 radical (unpaired) electrons. The number of sulfonamides is 1. The zero-order chi connectivity index (χ0) is 27.3. The number of non-ortho nitro benzene ring substituents is 1. The van der Waals surface area contributed by atoms with E-state index in [2.05, 4.69) is 5.32 Å². The van der Waals surface area contributed by atoms with Gasteiger partial charge in [0.15, 0.2) is 0 Å². The van der Waals surface area contributed by atoms with Gasteiger partial charge in [-0.3, -0.25) is 24.0 Å². The Labute approximate surface area is 212 Å². The summed E-state index contributed by atoms with van der Waals surface area (Å²) in [5, 5.41) is 14.1. The van der Waals surface area contributed by atoms with Gasteiger partial charge in [-0.05, 0) is 45.7 Å². The molecular weight excluding hydrogens is 484 g/mol. The first-order chi connectivity index (χ1) is 16.6. The first kappa shape index (κ1) is 28.8. The molecule has 0 saturated heterocycles. The molecule has 0 aliphatic rings. The van der Waals surface area contributed by atoms with E-state index in [1.165, 1.54) is 23.1 Å². The fraction of sp³-hybridized carbons (Fsp3) is 0.440. The van der Waals surface area contributed by atoms with E-state index in [-0.39, 0.29) is 23.8 Å². The Bertz CT molecular complexity index is 1220. The van der Waals surface area contributed by atoms with Gasteiger partial charge < -0.3 is 10.2 Å². The predicted octanol–water partition coefficient (Wildman–Crippen LogP) is 3.39. The number of nitrogens with zero attached hydrogens (tertiary/aromatic N) is 3. The van der Waals surface area contributed by atoms with Gasteiger partial charge >= 0.3 is 0 Å². The predicted molar refractivity (Wildman–Crippen MR) is 139 cm³/mol. The highest BCUT2D eigenvalue weighted by Crippen LogP contribution is 2.24. The summed E-state index contributed by atoms with van der Waals surface area (Å²) in [7, 11) is -3.99. The number of carbonyl (C=O) groups is 2. The highest BCUT2D eigenvalue weighted by Gasteiger charge is 2.33. The lowest BCUT2D eigenvalue weighted by Gasteiger charge is -2.34. The number of aryl methyl sites for hydroxylation is 1. The third-order valence-corrected chi connectivity index (χ3v) is 6.47. The topological polar surface area (TPSA) is 130 Å². The summed E-state index contributed by atoms with van der Waals surface area (Å²) in [6.45, 7) is 8.65. The van der Waals surface area contributed by atoms with Gasteiger partial charge in [0.1, 0.15) is 12.6 Å². The Morgan fingerprint density at radius 3 is 2.28 bits per heavy atom. The molecule has 0 aliphatic heterocycles. The molecular formula is C25H34N4O6S. The number of hydrogen-bond donors (Lipinski definition) is 1. The van der Waals surface area contributed by atoms with Crippen molar-refractivity contribution >= 4 is 33.2 Å². The van der Waals surface area contributed by atoms with Crippen LogP contribution in [0, 0.1) is 17.0 Å². The second kappa shape index (κ2) is 11.5. The molecule has 0 heterocycles. The zero-order valence-corrected chi connectivity index (χ0v) is 22.3. The van der Waals surface area contributed by atoms with E-state index >= 15 is 0 Å². The van der Waals surface area contributed by atoms with Crippen LogP contribution in [0.4, 0.5) is 11.4 Å². The SMILES string of the molecule is CC[C@@H](C(=O)NC(C)(C)C)N(Cc1cccc(C)c1)C(=O)CN(c1cccc([N+](=O)[O-])c1)S(C)(=O)=O. The number of carbonyl (C=O) groups excluding carboxylic acids is 2. The molecule has 10 nitrogen and oxygen atoms in total. The summed E-state index contributed by atoms with van der Waals surface area (Å²) < 4.78 is 26.1. The third-order valence-electron chi connectivity index (χ3n) is 5.33. The van der Waals surface area contributed by atoms with E-state index in [4.69, 9.17) is 0 Å². The van der Waals surface area contributed by atoms with Crippen molar-refractivity contribution in [2.75, 3.05) is 17.1 Å². The number of benzene rings is 2. The molecule has 2 amide bonds. The van der Waals surface area contributed by atoms with E-state index in [9.17, 15) is 28.1 Å². The summed E-state index contributed by atoms with van der Waals surface area (Å²) in [5.41, 5.74) is 0.904. The fourth-order valence-electron chi connectivity index (χ4n) is 3.76. The number of rotatable bonds is 10. The smallest absolute Gasteiger partial charge is 0.271 e. The van der Waals surface area contributed by atoms with E-state index < -0.39 is 39.0 Å². The summed E-state index contributed by atoms with van der Waals surface area (Å²) in [6, 6.07) is 11.7. The molecule has 2 aromatic rings. The Hall–Kier alpha value is -3.47. The van der Waals surface area contributed by atoms with Gasteiger partial charge in [0.05, 0.1) is 16.9 Å². The molecule has 2 aromatic carbocycles. The molecule has 1 N–H and O–H groups in total. The molecule has 0 aliphatic carbocycles. The molecule has 11 heteroatoms. The largest absolute Gasteiger partial charge is 0.350 e. The number of amides is 2. The fourth-order valence-corrected chi connectivity index (χ4v) is 4.60. The number of anilines is 1. The van der Waals surface area contributed by atoms with Crippen molar-refractivity contribution in [1.29, 1.82) is 0 Å². The number of nitro groups is 1. The van der Waals surface area contributed by atoms with Gasteiger partial charge in [-0.2, -0.15) is 0 Å². The van der Waals surface area contributed by atoms with Crippen molar-refractivity contribution in [3.8, 4) is 0 Å². The van der Waals surface area contributed by atoms with Crippen LogP contribution in [0.1, 0.15) is 45.2 Å². The number of hydrogen-bond acceptors (Lipinski definition) is 6. The summed E-state index contributed by atoms with van der Waals surface area (Å²) in [6.07, 6.45) is 1.22. The minimum absolute atomic E-state index is 0.0113. The molecule has 196 valence electrons. The van der Waals surface area contributed by atoms with Crippen molar-refractivity contribution < 1.29 is 22.9 Å². The Kier molecular flexibility index (Phi) is 9.20. The Balaban J connectivity index is 2.50. The van der Waals surface area contributed by atoms with Crippen molar-refractivity contribution in [2.24, 2.45) is 0 Å². The van der Waals surface area contributed by atoms with Gasteiger partial charge in [0, 0.05) is 24.2 Å². The molecule has 2 rings (SSSR count). The maximum Gasteiger partial charge on any atom is 0.271 e. The van der Waals surface area contributed by atoms with Crippen LogP contribution in [0.5, 0.6) is 0 Å². The van der Waals surface area contributed by atoms with Crippen molar-refractivity contribution in [2.45, 2.75) is 59.2 Å². The van der Waals surface area contributed by atoms with Crippen LogP contribution in [-0.2, 0) is 26.2 Å². The molecule has 1 atom stereocenters. The molecule has 0 aromatic heterocycles. The maximum absolute atomic E-state index is 13.7. The van der Waals surface area contributed by atoms with E-state index in [0.29, 0.717) is 6.42 Å². The van der Waals surface area contributed by atoms with Gasteiger partial charge in [0.2, 0.25) is 21.8 Å². The average Bonchev–Trinajstić information content (AvgIpc) is 2.75. The minimum Gasteiger partial charge on any atom is -0.350 e. The summed E-state index contributed by atoms with van der Waals surface area (Å²) >= 11 is 0. The maximum atomic E-state index is 13.7. The highest BCUT2D eigenvalue weighted by molar-refractivity contribution is 7.92. The zero-order valence-electron chi connectivity index (χ0n) is 21.5. The molecule has 0 bridgehead atoms. The lowest BCUT2D eigenvalue weighted by molar-refractivity contribution is -0.384.